The Bertz CT molecular complexity index is 574. The van der Waals surface area contributed by atoms with Gasteiger partial charge in [0.2, 0.25) is 0 Å². The molecule has 0 spiro atoms. The Morgan fingerprint density at radius 1 is 1.16 bits per heavy atom. The van der Waals surface area contributed by atoms with Crippen LogP contribution in [0, 0.1) is 0 Å². The van der Waals surface area contributed by atoms with Crippen LogP contribution in [0.3, 0.4) is 0 Å². The van der Waals surface area contributed by atoms with Crippen molar-refractivity contribution in [2.24, 2.45) is 0 Å². The minimum atomic E-state index is -4.47. The van der Waals surface area contributed by atoms with Crippen LogP contribution in [-0.4, -0.2) is 9.78 Å². The quantitative estimate of drug-likeness (QED) is 0.763. The zero-order chi connectivity index (χ0) is 14.2. The Morgan fingerprint density at radius 2 is 1.74 bits per heavy atom. The van der Waals surface area contributed by atoms with Crippen molar-refractivity contribution in [1.82, 2.24) is 9.78 Å². The summed E-state index contributed by atoms with van der Waals surface area (Å²) in [5, 5.41) is 3.70. The van der Waals surface area contributed by atoms with Crippen molar-refractivity contribution in [3.05, 3.63) is 40.5 Å². The summed E-state index contributed by atoms with van der Waals surface area (Å²) in [5.41, 5.74) is 0.258. The zero-order valence-electron chi connectivity index (χ0n) is 10.4. The number of alkyl halides is 3. The highest BCUT2D eigenvalue weighted by atomic mass is 79.9. The van der Waals surface area contributed by atoms with E-state index in [4.69, 9.17) is 0 Å². The minimum Gasteiger partial charge on any atom is -0.261 e. The maximum Gasteiger partial charge on any atom is 0.436 e. The van der Waals surface area contributed by atoms with Gasteiger partial charge in [-0.1, -0.05) is 30.3 Å². The molecule has 0 fully saturated rings. The molecule has 0 N–H and O–H groups in total. The highest BCUT2D eigenvalue weighted by Crippen LogP contribution is 2.40. The van der Waals surface area contributed by atoms with Gasteiger partial charge < -0.3 is 0 Å². The fourth-order valence-corrected chi connectivity index (χ4v) is 2.54. The van der Waals surface area contributed by atoms with Crippen molar-refractivity contribution in [3.63, 3.8) is 0 Å². The second kappa shape index (κ2) is 5.00. The molecular weight excluding hydrogens is 321 g/mol. The average Bonchev–Trinajstić information content (AvgIpc) is 2.68. The summed E-state index contributed by atoms with van der Waals surface area (Å²) in [5.74, 6) is 0. The first-order valence-electron chi connectivity index (χ1n) is 5.73. The van der Waals surface area contributed by atoms with Crippen LogP contribution in [-0.2, 0) is 6.18 Å². The average molecular weight is 333 g/mol. The summed E-state index contributed by atoms with van der Waals surface area (Å²) >= 11 is 3.04. The fourth-order valence-electron chi connectivity index (χ4n) is 1.82. The third-order valence-electron chi connectivity index (χ3n) is 2.66. The van der Waals surface area contributed by atoms with Crippen molar-refractivity contribution >= 4 is 15.9 Å². The first-order chi connectivity index (χ1) is 8.82. The van der Waals surface area contributed by atoms with E-state index in [9.17, 15) is 13.2 Å². The molecule has 1 heterocycles. The molecule has 0 radical (unpaired) electrons. The molecule has 1 aromatic carbocycles. The van der Waals surface area contributed by atoms with Crippen LogP contribution in [0.25, 0.3) is 11.3 Å². The van der Waals surface area contributed by atoms with E-state index in [0.29, 0.717) is 11.3 Å². The lowest BCUT2D eigenvalue weighted by atomic mass is 10.1. The van der Waals surface area contributed by atoms with Crippen LogP contribution >= 0.6 is 15.9 Å². The molecule has 0 aliphatic rings. The van der Waals surface area contributed by atoms with Crippen LogP contribution in [0.5, 0.6) is 0 Å². The van der Waals surface area contributed by atoms with Gasteiger partial charge in [0.25, 0.3) is 0 Å². The Balaban J connectivity index is 2.69. The van der Waals surface area contributed by atoms with Gasteiger partial charge in [-0.2, -0.15) is 18.3 Å². The van der Waals surface area contributed by atoms with Crippen molar-refractivity contribution in [3.8, 4) is 11.3 Å². The van der Waals surface area contributed by atoms with Crippen LogP contribution < -0.4 is 0 Å². The van der Waals surface area contributed by atoms with E-state index in [2.05, 4.69) is 21.0 Å². The fraction of sp³-hybridized carbons (Fsp3) is 0.308. The van der Waals surface area contributed by atoms with E-state index in [-0.39, 0.29) is 10.5 Å². The second-order valence-corrected chi connectivity index (χ2v) is 5.21. The van der Waals surface area contributed by atoms with Gasteiger partial charge in [0.1, 0.15) is 0 Å². The van der Waals surface area contributed by atoms with Gasteiger partial charge in [-0.3, -0.25) is 4.68 Å². The third-order valence-corrected chi connectivity index (χ3v) is 3.41. The summed E-state index contributed by atoms with van der Waals surface area (Å²) in [6, 6.07) is 8.75. The lowest BCUT2D eigenvalue weighted by Gasteiger charge is -2.11. The molecule has 0 amide bonds. The first-order valence-corrected chi connectivity index (χ1v) is 6.52. The van der Waals surface area contributed by atoms with Crippen LogP contribution in [0.15, 0.2) is 34.8 Å². The summed E-state index contributed by atoms with van der Waals surface area (Å²) in [6.07, 6.45) is -4.47. The number of nitrogens with zero attached hydrogens (tertiary/aromatic N) is 2. The Hall–Kier alpha value is -1.30. The Kier molecular flexibility index (Phi) is 3.71. The molecule has 102 valence electrons. The molecule has 19 heavy (non-hydrogen) atoms. The molecular formula is C13H12BrF3N2. The summed E-state index contributed by atoms with van der Waals surface area (Å²) in [4.78, 5) is 0. The molecule has 2 aromatic rings. The zero-order valence-corrected chi connectivity index (χ0v) is 12.0. The molecule has 0 saturated heterocycles. The molecule has 0 atom stereocenters. The number of aromatic nitrogens is 2. The normalized spacial score (nSPS) is 12.2. The molecule has 0 saturated carbocycles. The van der Waals surface area contributed by atoms with Gasteiger partial charge in [-0.25, -0.2) is 0 Å². The summed E-state index contributed by atoms with van der Waals surface area (Å²) in [6.45, 7) is 3.60. The summed E-state index contributed by atoms with van der Waals surface area (Å²) in [7, 11) is 0. The van der Waals surface area contributed by atoms with Crippen molar-refractivity contribution < 1.29 is 13.2 Å². The number of rotatable bonds is 2. The lowest BCUT2D eigenvalue weighted by molar-refractivity contribution is -0.142. The molecule has 0 aliphatic heterocycles. The van der Waals surface area contributed by atoms with Gasteiger partial charge in [-0.05, 0) is 29.8 Å². The van der Waals surface area contributed by atoms with Crippen molar-refractivity contribution in [2.45, 2.75) is 26.1 Å². The number of hydrogen-bond acceptors (Lipinski definition) is 1. The first kappa shape index (κ1) is 14.1. The molecule has 2 nitrogen and oxygen atoms in total. The Labute approximate surface area is 117 Å². The van der Waals surface area contributed by atoms with E-state index < -0.39 is 11.9 Å². The standard InChI is InChI=1S/C13H12BrF3N2/c1-8(2)19-11(9-6-4-3-5-7-9)10(14)12(18-19)13(15,16)17/h3-8H,1-2H3. The number of benzene rings is 1. The SMILES string of the molecule is CC(C)n1nc(C(F)(F)F)c(Br)c1-c1ccccc1. The van der Waals surface area contributed by atoms with Gasteiger partial charge in [0, 0.05) is 11.6 Å². The molecule has 1 aromatic heterocycles. The summed E-state index contributed by atoms with van der Waals surface area (Å²) < 4.78 is 40.1. The predicted molar refractivity (Wildman–Crippen MR) is 70.8 cm³/mol. The smallest absolute Gasteiger partial charge is 0.261 e. The van der Waals surface area contributed by atoms with Crippen molar-refractivity contribution in [1.29, 1.82) is 0 Å². The van der Waals surface area contributed by atoms with E-state index in [0.717, 1.165) is 0 Å². The monoisotopic (exact) mass is 332 g/mol. The molecule has 2 rings (SSSR count). The van der Waals surface area contributed by atoms with Crippen molar-refractivity contribution in [2.75, 3.05) is 0 Å². The number of halogens is 4. The predicted octanol–water partition coefficient (Wildman–Crippen LogP) is 4.91. The van der Waals surface area contributed by atoms with Gasteiger partial charge in [0.15, 0.2) is 5.69 Å². The molecule has 0 unspecified atom stereocenters. The van der Waals surface area contributed by atoms with Crippen LogP contribution in [0.4, 0.5) is 13.2 Å². The van der Waals surface area contributed by atoms with Gasteiger partial charge in [0.05, 0.1) is 10.2 Å². The maximum absolute atomic E-state index is 12.9. The van der Waals surface area contributed by atoms with E-state index in [1.807, 2.05) is 6.07 Å². The van der Waals surface area contributed by atoms with E-state index in [1.165, 1.54) is 4.68 Å². The van der Waals surface area contributed by atoms with Crippen LogP contribution in [0.1, 0.15) is 25.6 Å². The van der Waals surface area contributed by atoms with E-state index >= 15 is 0 Å². The van der Waals surface area contributed by atoms with Gasteiger partial charge >= 0.3 is 6.18 Å². The number of hydrogen-bond donors (Lipinski definition) is 0. The minimum absolute atomic E-state index is 0.0140. The molecule has 0 bridgehead atoms. The molecule has 6 heteroatoms. The highest BCUT2D eigenvalue weighted by molar-refractivity contribution is 9.10. The Morgan fingerprint density at radius 3 is 2.21 bits per heavy atom. The maximum atomic E-state index is 12.9. The van der Waals surface area contributed by atoms with E-state index in [1.54, 1.807) is 38.1 Å². The lowest BCUT2D eigenvalue weighted by Crippen LogP contribution is -2.09. The van der Waals surface area contributed by atoms with Crippen LogP contribution in [0.2, 0.25) is 0 Å². The second-order valence-electron chi connectivity index (χ2n) is 4.41. The molecule has 0 aliphatic carbocycles. The largest absolute Gasteiger partial charge is 0.436 e. The topological polar surface area (TPSA) is 17.8 Å². The van der Waals surface area contributed by atoms with Gasteiger partial charge in [-0.15, -0.1) is 0 Å². The highest BCUT2D eigenvalue weighted by Gasteiger charge is 2.39. The third kappa shape index (κ3) is 2.68.